The number of hydrogen-bond acceptors (Lipinski definition) is 6. The quantitative estimate of drug-likeness (QED) is 0.408. The number of rotatable bonds is 6. The summed E-state index contributed by atoms with van der Waals surface area (Å²) in [6.45, 7) is 4.02. The van der Waals surface area contributed by atoms with Crippen LogP contribution in [0, 0.1) is 6.92 Å². The molecular formula is C18H20N2O3S. The lowest BCUT2D eigenvalue weighted by molar-refractivity contribution is 0.293. The molecule has 24 heavy (non-hydrogen) atoms. The Morgan fingerprint density at radius 3 is 2.75 bits per heavy atom. The van der Waals surface area contributed by atoms with Gasteiger partial charge in [-0.3, -0.25) is 4.79 Å². The topological polar surface area (TPSA) is 81.6 Å². The highest BCUT2D eigenvalue weighted by atomic mass is 32.1. The Balaban J connectivity index is 2.06. The zero-order chi connectivity index (χ0) is 17.1. The van der Waals surface area contributed by atoms with Crippen molar-refractivity contribution < 1.29 is 10.2 Å². The molecule has 3 rings (SSSR count). The molecule has 5 nitrogen and oxygen atoms in total. The Morgan fingerprint density at radius 2 is 1.96 bits per heavy atom. The molecule has 0 unspecified atom stereocenters. The van der Waals surface area contributed by atoms with Gasteiger partial charge in [-0.2, -0.15) is 0 Å². The Labute approximate surface area is 143 Å². The van der Waals surface area contributed by atoms with Crippen molar-refractivity contribution in [2.45, 2.75) is 6.92 Å². The Bertz CT molecular complexity index is 937. The van der Waals surface area contributed by atoms with Gasteiger partial charge in [0, 0.05) is 40.1 Å². The van der Waals surface area contributed by atoms with Gasteiger partial charge < -0.3 is 20.8 Å². The predicted molar refractivity (Wildman–Crippen MR) is 100 cm³/mol. The number of aliphatic hydroxyl groups excluding tert-OH is 1. The third kappa shape index (κ3) is 3.21. The average Bonchev–Trinajstić information content (AvgIpc) is 2.56. The number of aliphatic hydroxyl groups is 1. The van der Waals surface area contributed by atoms with Gasteiger partial charge in [-0.05, 0) is 36.8 Å². The maximum atomic E-state index is 12.9. The lowest BCUT2D eigenvalue weighted by Crippen LogP contribution is -2.25. The van der Waals surface area contributed by atoms with Crippen molar-refractivity contribution >= 4 is 37.2 Å². The summed E-state index contributed by atoms with van der Waals surface area (Å²) in [5, 5.41) is 26.2. The lowest BCUT2D eigenvalue weighted by atomic mass is 10.1. The van der Waals surface area contributed by atoms with Crippen LogP contribution < -0.4 is 16.1 Å². The van der Waals surface area contributed by atoms with Crippen molar-refractivity contribution in [2.75, 3.05) is 31.6 Å². The van der Waals surface area contributed by atoms with E-state index in [-0.39, 0.29) is 17.8 Å². The first-order valence-corrected chi connectivity index (χ1v) is 8.68. The smallest absolute Gasteiger partial charge is 0.197 e. The van der Waals surface area contributed by atoms with Crippen LogP contribution in [0.1, 0.15) is 5.56 Å². The van der Waals surface area contributed by atoms with E-state index in [9.17, 15) is 9.90 Å². The first kappa shape index (κ1) is 16.7. The third-order valence-electron chi connectivity index (χ3n) is 3.91. The third-order valence-corrected chi connectivity index (χ3v) is 5.20. The molecule has 0 saturated heterocycles. The van der Waals surface area contributed by atoms with E-state index >= 15 is 0 Å². The number of aromatic hydroxyl groups is 1. The highest BCUT2D eigenvalue weighted by molar-refractivity contribution is 7.24. The van der Waals surface area contributed by atoms with Crippen LogP contribution in [0.3, 0.4) is 0 Å². The molecule has 0 saturated carbocycles. The number of phenolic OH excluding ortho intramolecular Hbond substituents is 1. The van der Waals surface area contributed by atoms with Gasteiger partial charge in [0.15, 0.2) is 5.43 Å². The van der Waals surface area contributed by atoms with Crippen LogP contribution >= 0.6 is 11.3 Å². The molecule has 0 bridgehead atoms. The van der Waals surface area contributed by atoms with Gasteiger partial charge in [0.05, 0.1) is 12.0 Å². The van der Waals surface area contributed by atoms with Crippen LogP contribution in [-0.4, -0.2) is 36.5 Å². The summed E-state index contributed by atoms with van der Waals surface area (Å²) in [4.78, 5) is 12.9. The van der Waals surface area contributed by atoms with Gasteiger partial charge in [-0.15, -0.1) is 11.3 Å². The number of fused-ring (bicyclic) bond motifs is 2. The van der Waals surface area contributed by atoms with E-state index in [0.717, 1.165) is 20.7 Å². The van der Waals surface area contributed by atoms with Crippen LogP contribution in [0.15, 0.2) is 35.1 Å². The van der Waals surface area contributed by atoms with Crippen molar-refractivity contribution in [1.29, 1.82) is 0 Å². The second-order valence-electron chi connectivity index (χ2n) is 5.65. The van der Waals surface area contributed by atoms with E-state index in [4.69, 9.17) is 5.11 Å². The summed E-state index contributed by atoms with van der Waals surface area (Å²) in [6.07, 6.45) is 0. The molecule has 0 aliphatic rings. The number of anilines is 1. The normalized spacial score (nSPS) is 11.2. The van der Waals surface area contributed by atoms with E-state index in [1.54, 1.807) is 18.2 Å². The van der Waals surface area contributed by atoms with Crippen molar-refractivity contribution in [3.8, 4) is 5.75 Å². The molecule has 0 atom stereocenters. The lowest BCUT2D eigenvalue weighted by Gasteiger charge is -2.12. The number of hydrogen-bond donors (Lipinski definition) is 4. The summed E-state index contributed by atoms with van der Waals surface area (Å²) in [6, 6.07) is 8.79. The second kappa shape index (κ2) is 7.17. The highest BCUT2D eigenvalue weighted by Gasteiger charge is 2.12. The number of aryl methyl sites for hydroxylation is 1. The van der Waals surface area contributed by atoms with Gasteiger partial charge in [0.25, 0.3) is 0 Å². The number of nitrogens with one attached hydrogen (secondary N) is 2. The number of benzene rings is 2. The molecule has 0 fully saturated rings. The van der Waals surface area contributed by atoms with Gasteiger partial charge in [-0.1, -0.05) is 6.07 Å². The molecule has 2 aromatic carbocycles. The Hall–Kier alpha value is -2.15. The van der Waals surface area contributed by atoms with Gasteiger partial charge in [0.1, 0.15) is 5.75 Å². The van der Waals surface area contributed by atoms with Gasteiger partial charge in [-0.25, -0.2) is 0 Å². The molecule has 1 heterocycles. The molecule has 0 amide bonds. The van der Waals surface area contributed by atoms with E-state index in [2.05, 4.69) is 10.6 Å². The van der Waals surface area contributed by atoms with E-state index in [1.807, 2.05) is 19.1 Å². The minimum absolute atomic E-state index is 0.0201. The van der Waals surface area contributed by atoms with E-state index in [0.29, 0.717) is 30.4 Å². The maximum Gasteiger partial charge on any atom is 0.197 e. The molecule has 6 heteroatoms. The molecule has 126 valence electrons. The van der Waals surface area contributed by atoms with Crippen LogP contribution in [0.5, 0.6) is 5.75 Å². The van der Waals surface area contributed by atoms with Gasteiger partial charge >= 0.3 is 0 Å². The average molecular weight is 344 g/mol. The molecule has 0 aliphatic carbocycles. The molecule has 0 spiro atoms. The fourth-order valence-corrected chi connectivity index (χ4v) is 3.91. The largest absolute Gasteiger partial charge is 0.508 e. The Morgan fingerprint density at radius 1 is 1.12 bits per heavy atom. The van der Waals surface area contributed by atoms with E-state index in [1.165, 1.54) is 11.3 Å². The van der Waals surface area contributed by atoms with Gasteiger partial charge in [0.2, 0.25) is 0 Å². The highest BCUT2D eigenvalue weighted by Crippen LogP contribution is 2.32. The summed E-state index contributed by atoms with van der Waals surface area (Å²) in [5.41, 5.74) is 1.84. The van der Waals surface area contributed by atoms with Crippen LogP contribution in [0.2, 0.25) is 0 Å². The fraction of sp³-hybridized carbons (Fsp3) is 0.278. The minimum atomic E-state index is -0.0201. The zero-order valence-electron chi connectivity index (χ0n) is 13.4. The van der Waals surface area contributed by atoms with Crippen molar-refractivity contribution in [3.05, 3.63) is 46.1 Å². The fourth-order valence-electron chi connectivity index (χ4n) is 2.71. The van der Waals surface area contributed by atoms with E-state index < -0.39 is 0 Å². The van der Waals surface area contributed by atoms with Crippen molar-refractivity contribution in [1.82, 2.24) is 5.32 Å². The molecular weight excluding hydrogens is 324 g/mol. The SMILES string of the molecule is Cc1ccc(NCCNCCO)c2c(=O)c3ccc(O)cc3sc12. The second-order valence-corrected chi connectivity index (χ2v) is 6.70. The summed E-state index contributed by atoms with van der Waals surface area (Å²) in [7, 11) is 0. The van der Waals surface area contributed by atoms with Crippen molar-refractivity contribution in [3.63, 3.8) is 0 Å². The molecule has 3 aromatic rings. The van der Waals surface area contributed by atoms with Crippen LogP contribution in [0.25, 0.3) is 20.2 Å². The van der Waals surface area contributed by atoms with Crippen LogP contribution in [-0.2, 0) is 0 Å². The predicted octanol–water partition coefficient (Wildman–Crippen LogP) is 2.42. The zero-order valence-corrected chi connectivity index (χ0v) is 14.2. The Kier molecular flexibility index (Phi) is 4.99. The summed E-state index contributed by atoms with van der Waals surface area (Å²) >= 11 is 1.52. The standard InChI is InChI=1S/C18H20N2O3S/c1-11-2-5-14(20-7-6-19-8-9-21)16-17(23)13-4-3-12(22)10-15(13)24-18(11)16/h2-5,10,19-22H,6-9H2,1H3. The van der Waals surface area contributed by atoms with Crippen molar-refractivity contribution in [2.24, 2.45) is 0 Å². The maximum absolute atomic E-state index is 12.9. The van der Waals surface area contributed by atoms with Crippen LogP contribution in [0.4, 0.5) is 5.69 Å². The summed E-state index contributed by atoms with van der Waals surface area (Å²) < 4.78 is 1.73. The monoisotopic (exact) mass is 344 g/mol. The molecule has 0 radical (unpaired) electrons. The molecule has 1 aromatic heterocycles. The number of phenols is 1. The molecule has 0 aliphatic heterocycles. The summed E-state index contributed by atoms with van der Waals surface area (Å²) in [5.74, 6) is 0.166. The molecule has 4 N–H and O–H groups in total. The minimum Gasteiger partial charge on any atom is -0.508 e. The first-order chi connectivity index (χ1) is 11.6. The first-order valence-electron chi connectivity index (χ1n) is 7.86.